The van der Waals surface area contributed by atoms with Gasteiger partial charge in [-0.25, -0.2) is 14.0 Å². The molecule has 0 bridgehead atoms. The Morgan fingerprint density at radius 3 is 2.39 bits per heavy atom. The lowest BCUT2D eigenvalue weighted by Gasteiger charge is -2.15. The van der Waals surface area contributed by atoms with E-state index in [4.69, 9.17) is 4.78 Å². The molecule has 1 amide bonds. The smallest absolute Gasteiger partial charge is 0.237 e. The highest BCUT2D eigenvalue weighted by Crippen LogP contribution is 2.35. The molecule has 1 aromatic carbocycles. The molecule has 3 N–H and O–H groups in total. The van der Waals surface area contributed by atoms with E-state index in [1.165, 1.54) is 28.5 Å². The fourth-order valence-corrected chi connectivity index (χ4v) is 6.42. The van der Waals surface area contributed by atoms with Crippen LogP contribution in [0.3, 0.4) is 0 Å². The van der Waals surface area contributed by atoms with Gasteiger partial charge in [-0.3, -0.25) is 9.52 Å². The van der Waals surface area contributed by atoms with Crippen LogP contribution in [0.1, 0.15) is 59.4 Å². The molecule has 1 unspecified atom stereocenters. The summed E-state index contributed by atoms with van der Waals surface area (Å²) < 4.78 is 23.4. The zero-order valence-corrected chi connectivity index (χ0v) is 17.8. The van der Waals surface area contributed by atoms with Crippen LogP contribution in [0.15, 0.2) is 16.6 Å². The van der Waals surface area contributed by atoms with Crippen LogP contribution in [0.5, 0.6) is 0 Å². The Bertz CT molecular complexity index is 1020. The average molecular weight is 420 g/mol. The standard InChI is InChI=1S/C20H25N3O3S2/c1-20(2,25)17-11-22-19(27-17)28(21,26)23-18(24)10-16-14-7-3-5-12(14)9-13-6-4-8-15(13)16/h9,11,25H,3-8,10H2,1-2H3,(H2,21,23,24,26). The molecule has 1 aromatic heterocycles. The Labute approximate surface area is 169 Å². The van der Waals surface area contributed by atoms with Gasteiger partial charge in [-0.05, 0) is 80.2 Å². The lowest BCUT2D eigenvalue weighted by atomic mass is 9.92. The van der Waals surface area contributed by atoms with Crippen molar-refractivity contribution in [1.29, 1.82) is 4.78 Å². The number of aliphatic hydroxyl groups is 1. The van der Waals surface area contributed by atoms with E-state index in [0.29, 0.717) is 4.88 Å². The van der Waals surface area contributed by atoms with E-state index in [1.807, 2.05) is 0 Å². The van der Waals surface area contributed by atoms with Crippen molar-refractivity contribution in [3.63, 3.8) is 0 Å². The molecule has 0 radical (unpaired) electrons. The number of nitrogens with one attached hydrogen (secondary N) is 2. The van der Waals surface area contributed by atoms with Crippen molar-refractivity contribution in [2.24, 2.45) is 0 Å². The van der Waals surface area contributed by atoms with Gasteiger partial charge in [-0.1, -0.05) is 6.07 Å². The second kappa shape index (κ2) is 6.93. The maximum Gasteiger partial charge on any atom is 0.237 e. The number of benzene rings is 1. The lowest BCUT2D eigenvalue weighted by Crippen LogP contribution is -2.31. The summed E-state index contributed by atoms with van der Waals surface area (Å²) in [5.74, 6) is -0.408. The maximum atomic E-state index is 12.8. The molecule has 8 heteroatoms. The number of carbonyl (C=O) groups excluding carboxylic acids is 1. The Balaban J connectivity index is 1.56. The maximum absolute atomic E-state index is 12.8. The predicted octanol–water partition coefficient (Wildman–Crippen LogP) is 3.03. The minimum atomic E-state index is -3.55. The first kappa shape index (κ1) is 19.5. The Morgan fingerprint density at radius 2 is 1.86 bits per heavy atom. The third-order valence-electron chi connectivity index (χ3n) is 5.53. The molecular weight excluding hydrogens is 394 g/mol. The Hall–Kier alpha value is -1.77. The fourth-order valence-electron chi connectivity index (χ4n) is 4.22. The quantitative estimate of drug-likeness (QED) is 0.693. The predicted molar refractivity (Wildman–Crippen MR) is 109 cm³/mol. The monoisotopic (exact) mass is 419 g/mol. The number of amides is 1. The molecule has 0 fully saturated rings. The molecule has 28 heavy (non-hydrogen) atoms. The number of aromatic nitrogens is 1. The molecule has 0 saturated carbocycles. The molecule has 1 heterocycles. The number of hydrogen-bond donors (Lipinski definition) is 3. The SMILES string of the molecule is CC(C)(O)c1cnc(S(=N)(=O)NC(=O)Cc2c3c(cc4c2CCC4)CCC3)s1. The van der Waals surface area contributed by atoms with Gasteiger partial charge in [0.2, 0.25) is 10.2 Å². The highest BCUT2D eigenvalue weighted by Gasteiger charge is 2.27. The second-order valence-electron chi connectivity index (χ2n) is 8.15. The van der Waals surface area contributed by atoms with Gasteiger partial charge in [-0.15, -0.1) is 11.3 Å². The van der Waals surface area contributed by atoms with Crippen LogP contribution in [0.4, 0.5) is 0 Å². The Morgan fingerprint density at radius 1 is 1.25 bits per heavy atom. The molecule has 4 rings (SSSR count). The van der Waals surface area contributed by atoms with Crippen molar-refractivity contribution in [1.82, 2.24) is 9.71 Å². The van der Waals surface area contributed by atoms with Gasteiger partial charge in [-0.2, -0.15) is 0 Å². The zero-order chi connectivity index (χ0) is 20.1. The Kier molecular flexibility index (Phi) is 4.84. The fraction of sp³-hybridized carbons (Fsp3) is 0.500. The number of rotatable bonds is 5. The van der Waals surface area contributed by atoms with Crippen molar-refractivity contribution >= 4 is 27.2 Å². The van der Waals surface area contributed by atoms with Crippen LogP contribution < -0.4 is 4.72 Å². The molecule has 1 atom stereocenters. The average Bonchev–Trinajstić information content (AvgIpc) is 3.33. The van der Waals surface area contributed by atoms with E-state index in [2.05, 4.69) is 15.8 Å². The summed E-state index contributed by atoms with van der Waals surface area (Å²) in [6.45, 7) is 3.20. The molecule has 0 saturated heterocycles. The summed E-state index contributed by atoms with van der Waals surface area (Å²) in [6.07, 6.45) is 7.90. The number of nitrogens with zero attached hydrogens (tertiary/aromatic N) is 1. The van der Waals surface area contributed by atoms with Gasteiger partial charge < -0.3 is 5.11 Å². The van der Waals surface area contributed by atoms with Gasteiger partial charge in [0, 0.05) is 6.20 Å². The first-order valence-corrected chi connectivity index (χ1v) is 12.0. The first-order chi connectivity index (χ1) is 13.1. The number of fused-ring (bicyclic) bond motifs is 2. The minimum absolute atomic E-state index is 0.0153. The number of aryl methyl sites for hydroxylation is 2. The van der Waals surface area contributed by atoms with Crippen molar-refractivity contribution in [3.8, 4) is 0 Å². The third kappa shape index (κ3) is 3.60. The molecule has 0 aliphatic heterocycles. The number of carbonyl (C=O) groups is 1. The van der Waals surface area contributed by atoms with Crippen LogP contribution >= 0.6 is 11.3 Å². The van der Waals surface area contributed by atoms with Crippen LogP contribution in [-0.2, 0) is 52.4 Å². The molecule has 2 aliphatic carbocycles. The normalized spacial score (nSPS) is 17.8. The largest absolute Gasteiger partial charge is 0.385 e. The summed E-state index contributed by atoms with van der Waals surface area (Å²) >= 11 is 0.996. The third-order valence-corrected chi connectivity index (χ3v) is 8.70. The molecule has 6 nitrogen and oxygen atoms in total. The van der Waals surface area contributed by atoms with Gasteiger partial charge in [0.05, 0.1) is 16.9 Å². The summed E-state index contributed by atoms with van der Waals surface area (Å²) in [6, 6.07) is 2.31. The van der Waals surface area contributed by atoms with Crippen molar-refractivity contribution in [2.45, 2.75) is 68.7 Å². The van der Waals surface area contributed by atoms with Crippen LogP contribution in [0.25, 0.3) is 0 Å². The first-order valence-electron chi connectivity index (χ1n) is 9.58. The van der Waals surface area contributed by atoms with Gasteiger partial charge in [0.25, 0.3) is 0 Å². The number of hydrogen-bond acceptors (Lipinski definition) is 6. The summed E-state index contributed by atoms with van der Waals surface area (Å²) in [4.78, 5) is 17.2. The van der Waals surface area contributed by atoms with Gasteiger partial charge in [0.1, 0.15) is 0 Å². The van der Waals surface area contributed by atoms with Crippen LogP contribution in [0, 0.1) is 4.78 Å². The second-order valence-corrected chi connectivity index (χ2v) is 11.1. The summed E-state index contributed by atoms with van der Waals surface area (Å²) in [5.41, 5.74) is 5.23. The molecular formula is C20H25N3O3S2. The van der Waals surface area contributed by atoms with Crippen molar-refractivity contribution in [3.05, 3.63) is 45.0 Å². The zero-order valence-electron chi connectivity index (χ0n) is 16.1. The van der Waals surface area contributed by atoms with E-state index in [1.54, 1.807) is 13.8 Å². The lowest BCUT2D eigenvalue weighted by molar-refractivity contribution is -0.118. The summed E-state index contributed by atoms with van der Waals surface area (Å²) in [5, 5.41) is 10.1. The molecule has 2 aromatic rings. The van der Waals surface area contributed by atoms with Crippen LogP contribution in [0.2, 0.25) is 0 Å². The number of thiazole rings is 1. The molecule has 2 aliphatic rings. The van der Waals surface area contributed by atoms with Gasteiger partial charge >= 0.3 is 0 Å². The van der Waals surface area contributed by atoms with Crippen molar-refractivity contribution < 1.29 is 14.1 Å². The summed E-state index contributed by atoms with van der Waals surface area (Å²) in [7, 11) is -3.55. The van der Waals surface area contributed by atoms with E-state index in [-0.39, 0.29) is 10.8 Å². The van der Waals surface area contributed by atoms with E-state index in [0.717, 1.165) is 55.4 Å². The van der Waals surface area contributed by atoms with E-state index in [9.17, 15) is 14.1 Å². The topological polar surface area (TPSA) is 103 Å². The highest BCUT2D eigenvalue weighted by molar-refractivity contribution is 7.93. The molecule has 150 valence electrons. The molecule has 0 spiro atoms. The van der Waals surface area contributed by atoms with Gasteiger partial charge in [0.15, 0.2) is 9.92 Å². The minimum Gasteiger partial charge on any atom is -0.385 e. The van der Waals surface area contributed by atoms with E-state index < -0.39 is 21.4 Å². The highest BCUT2D eigenvalue weighted by atomic mass is 32.2. The van der Waals surface area contributed by atoms with E-state index >= 15 is 0 Å². The van der Waals surface area contributed by atoms with Crippen LogP contribution in [-0.4, -0.2) is 20.2 Å². The van der Waals surface area contributed by atoms with Crippen molar-refractivity contribution in [2.75, 3.05) is 0 Å².